The molecule has 0 atom stereocenters. The van der Waals surface area contributed by atoms with E-state index in [9.17, 15) is 18.4 Å². The normalized spacial score (nSPS) is 10.8. The van der Waals surface area contributed by atoms with Crippen LogP contribution in [0.4, 0.5) is 8.78 Å². The minimum atomic E-state index is -1.07. The molecule has 7 heteroatoms. The van der Waals surface area contributed by atoms with Crippen molar-refractivity contribution in [3.8, 4) is 0 Å². The molecule has 0 aliphatic carbocycles. The summed E-state index contributed by atoms with van der Waals surface area (Å²) in [6, 6.07) is 8.14. The number of H-pyrrole nitrogens is 2. The fourth-order valence-corrected chi connectivity index (χ4v) is 2.11. The Bertz CT molecular complexity index is 915. The van der Waals surface area contributed by atoms with Crippen LogP contribution in [0, 0.1) is 11.6 Å². The van der Waals surface area contributed by atoms with Gasteiger partial charge in [-0.1, -0.05) is 6.07 Å². The molecule has 22 heavy (non-hydrogen) atoms. The largest absolute Gasteiger partial charge is 0.348 e. The van der Waals surface area contributed by atoms with Crippen molar-refractivity contribution in [1.29, 1.82) is 0 Å². The molecule has 1 heterocycles. The van der Waals surface area contributed by atoms with Gasteiger partial charge in [-0.3, -0.25) is 4.79 Å². The van der Waals surface area contributed by atoms with Crippen molar-refractivity contribution >= 4 is 16.9 Å². The molecule has 0 bridgehead atoms. The van der Waals surface area contributed by atoms with Crippen LogP contribution < -0.4 is 11.0 Å². The van der Waals surface area contributed by atoms with E-state index in [0.717, 1.165) is 17.7 Å². The number of aromatic nitrogens is 2. The van der Waals surface area contributed by atoms with E-state index in [1.165, 1.54) is 6.07 Å². The van der Waals surface area contributed by atoms with E-state index in [0.29, 0.717) is 11.0 Å². The number of nitrogens with one attached hydrogen (secondary N) is 3. The first-order valence-corrected chi connectivity index (χ1v) is 6.47. The highest BCUT2D eigenvalue weighted by Gasteiger charge is 2.09. The third-order valence-electron chi connectivity index (χ3n) is 3.22. The van der Waals surface area contributed by atoms with Gasteiger partial charge in [0.15, 0.2) is 11.6 Å². The summed E-state index contributed by atoms with van der Waals surface area (Å²) in [6.07, 6.45) is 0. The zero-order valence-corrected chi connectivity index (χ0v) is 11.2. The van der Waals surface area contributed by atoms with Gasteiger partial charge in [0.05, 0.1) is 11.0 Å². The lowest BCUT2D eigenvalue weighted by Gasteiger charge is -2.06. The molecular formula is C15H11F2N3O2. The number of imidazole rings is 1. The van der Waals surface area contributed by atoms with Crippen LogP contribution in [0.15, 0.2) is 41.2 Å². The number of hydrogen-bond acceptors (Lipinski definition) is 2. The minimum Gasteiger partial charge on any atom is -0.348 e. The van der Waals surface area contributed by atoms with Crippen LogP contribution in [-0.2, 0) is 6.54 Å². The average Bonchev–Trinajstić information content (AvgIpc) is 2.86. The zero-order chi connectivity index (χ0) is 15.7. The first kappa shape index (κ1) is 14.0. The van der Waals surface area contributed by atoms with Gasteiger partial charge in [-0.2, -0.15) is 0 Å². The van der Waals surface area contributed by atoms with Crippen LogP contribution in [0.2, 0.25) is 0 Å². The van der Waals surface area contributed by atoms with Crippen LogP contribution >= 0.6 is 0 Å². The quantitative estimate of drug-likeness (QED) is 0.692. The summed E-state index contributed by atoms with van der Waals surface area (Å²) in [6.45, 7) is 0.195. The SMILES string of the molecule is O=C(NCc1ccc2[nH]c(=O)[nH]c2c1)c1ccc(F)c(F)c1. The number of benzene rings is 2. The van der Waals surface area contributed by atoms with Crippen molar-refractivity contribution in [3.63, 3.8) is 0 Å². The Kier molecular flexibility index (Phi) is 3.46. The lowest BCUT2D eigenvalue weighted by molar-refractivity contribution is 0.0950. The molecule has 3 N–H and O–H groups in total. The molecule has 0 radical (unpaired) electrons. The first-order valence-electron chi connectivity index (χ1n) is 6.47. The van der Waals surface area contributed by atoms with Crippen LogP contribution in [0.25, 0.3) is 11.0 Å². The van der Waals surface area contributed by atoms with Gasteiger partial charge in [0.2, 0.25) is 0 Å². The standard InChI is InChI=1S/C15H11F2N3O2/c16-10-3-2-9(6-11(10)17)14(21)18-7-8-1-4-12-13(5-8)20-15(22)19-12/h1-6H,7H2,(H,18,21)(H2,19,20,22). The number of amides is 1. The monoisotopic (exact) mass is 303 g/mol. The van der Waals surface area contributed by atoms with Crippen LogP contribution in [0.5, 0.6) is 0 Å². The maximum Gasteiger partial charge on any atom is 0.323 e. The molecule has 3 rings (SSSR count). The number of hydrogen-bond donors (Lipinski definition) is 3. The highest BCUT2D eigenvalue weighted by molar-refractivity contribution is 5.94. The van der Waals surface area contributed by atoms with E-state index >= 15 is 0 Å². The Morgan fingerprint density at radius 1 is 1.00 bits per heavy atom. The van der Waals surface area contributed by atoms with E-state index in [1.54, 1.807) is 18.2 Å². The minimum absolute atomic E-state index is 0.0371. The first-order chi connectivity index (χ1) is 10.5. The predicted molar refractivity (Wildman–Crippen MR) is 76.4 cm³/mol. The highest BCUT2D eigenvalue weighted by Crippen LogP contribution is 2.11. The summed E-state index contributed by atoms with van der Waals surface area (Å²) in [5, 5.41) is 2.60. The number of fused-ring (bicyclic) bond motifs is 1. The number of carbonyl (C=O) groups excluding carboxylic acids is 1. The lowest BCUT2D eigenvalue weighted by atomic mass is 10.1. The van der Waals surface area contributed by atoms with Crippen molar-refractivity contribution in [2.24, 2.45) is 0 Å². The smallest absolute Gasteiger partial charge is 0.323 e. The van der Waals surface area contributed by atoms with Gasteiger partial charge in [-0.15, -0.1) is 0 Å². The molecule has 1 aromatic heterocycles. The zero-order valence-electron chi connectivity index (χ0n) is 11.2. The fraction of sp³-hybridized carbons (Fsp3) is 0.0667. The molecule has 0 unspecified atom stereocenters. The van der Waals surface area contributed by atoms with Crippen LogP contribution in [0.1, 0.15) is 15.9 Å². The predicted octanol–water partition coefficient (Wildman–Crippen LogP) is 2.06. The summed E-state index contributed by atoms with van der Waals surface area (Å²) in [5.41, 5.74) is 1.79. The molecule has 3 aromatic rings. The van der Waals surface area contributed by atoms with Gasteiger partial charge in [-0.05, 0) is 35.9 Å². The van der Waals surface area contributed by atoms with Crippen molar-refractivity contribution < 1.29 is 13.6 Å². The second kappa shape index (κ2) is 5.44. The van der Waals surface area contributed by atoms with Gasteiger partial charge < -0.3 is 15.3 Å². The molecule has 0 aliphatic rings. The third-order valence-corrected chi connectivity index (χ3v) is 3.22. The van der Waals surface area contributed by atoms with Gasteiger partial charge >= 0.3 is 5.69 Å². The van der Waals surface area contributed by atoms with E-state index < -0.39 is 17.5 Å². The fourth-order valence-electron chi connectivity index (χ4n) is 2.11. The molecule has 0 saturated carbocycles. The number of aromatic amines is 2. The second-order valence-corrected chi connectivity index (χ2v) is 4.77. The summed E-state index contributed by atoms with van der Waals surface area (Å²) < 4.78 is 25.9. The molecule has 0 saturated heterocycles. The van der Waals surface area contributed by atoms with Gasteiger partial charge in [0, 0.05) is 12.1 Å². The number of rotatable bonds is 3. The molecule has 5 nitrogen and oxygen atoms in total. The highest BCUT2D eigenvalue weighted by atomic mass is 19.2. The van der Waals surface area contributed by atoms with E-state index in [1.807, 2.05) is 0 Å². The Balaban J connectivity index is 1.73. The van der Waals surface area contributed by atoms with E-state index in [2.05, 4.69) is 15.3 Å². The molecule has 0 fully saturated rings. The van der Waals surface area contributed by atoms with Gasteiger partial charge in [0.1, 0.15) is 0 Å². The molecular weight excluding hydrogens is 292 g/mol. The maximum absolute atomic E-state index is 13.1. The molecule has 0 spiro atoms. The Morgan fingerprint density at radius 3 is 2.55 bits per heavy atom. The summed E-state index contributed by atoms with van der Waals surface area (Å²) in [4.78, 5) is 28.3. The Hall–Kier alpha value is -2.96. The van der Waals surface area contributed by atoms with E-state index in [4.69, 9.17) is 0 Å². The second-order valence-electron chi connectivity index (χ2n) is 4.77. The van der Waals surface area contributed by atoms with Crippen molar-refractivity contribution in [2.45, 2.75) is 6.54 Å². The van der Waals surface area contributed by atoms with Crippen LogP contribution in [-0.4, -0.2) is 15.9 Å². The molecule has 1 amide bonds. The third kappa shape index (κ3) is 2.73. The van der Waals surface area contributed by atoms with Gasteiger partial charge in [0.25, 0.3) is 5.91 Å². The van der Waals surface area contributed by atoms with Crippen molar-refractivity contribution in [1.82, 2.24) is 15.3 Å². The Labute approximate surface area is 123 Å². The molecule has 2 aromatic carbocycles. The molecule has 112 valence electrons. The topological polar surface area (TPSA) is 77.8 Å². The van der Waals surface area contributed by atoms with Crippen LogP contribution in [0.3, 0.4) is 0 Å². The van der Waals surface area contributed by atoms with Crippen molar-refractivity contribution in [2.75, 3.05) is 0 Å². The maximum atomic E-state index is 13.1. The average molecular weight is 303 g/mol. The Morgan fingerprint density at radius 2 is 1.77 bits per heavy atom. The number of carbonyl (C=O) groups is 1. The lowest BCUT2D eigenvalue weighted by Crippen LogP contribution is -2.23. The number of halogens is 2. The van der Waals surface area contributed by atoms with E-state index in [-0.39, 0.29) is 17.8 Å². The van der Waals surface area contributed by atoms with Gasteiger partial charge in [-0.25, -0.2) is 13.6 Å². The van der Waals surface area contributed by atoms with Crippen molar-refractivity contribution in [3.05, 3.63) is 69.6 Å². The molecule has 0 aliphatic heterocycles. The summed E-state index contributed by atoms with van der Waals surface area (Å²) in [5.74, 6) is -2.58. The summed E-state index contributed by atoms with van der Waals surface area (Å²) in [7, 11) is 0. The summed E-state index contributed by atoms with van der Waals surface area (Å²) >= 11 is 0.